The van der Waals surface area contributed by atoms with Crippen molar-refractivity contribution in [2.75, 3.05) is 7.11 Å². The quantitative estimate of drug-likeness (QED) is 0.609. The van der Waals surface area contributed by atoms with Gasteiger partial charge < -0.3 is 4.74 Å². The van der Waals surface area contributed by atoms with Crippen LogP contribution in [0.2, 0.25) is 0 Å². The molecule has 2 aromatic carbocycles. The second kappa shape index (κ2) is 8.14. The first-order valence-corrected chi connectivity index (χ1v) is 8.79. The van der Waals surface area contributed by atoms with Gasteiger partial charge in [0.05, 0.1) is 13.4 Å². The maximum absolute atomic E-state index is 12.1. The smallest absolute Gasteiger partial charge is 0.118 e. The highest BCUT2D eigenvalue weighted by atomic mass is 19.1. The first-order valence-electron chi connectivity index (χ1n) is 8.79. The van der Waals surface area contributed by atoms with Crippen molar-refractivity contribution in [3.63, 3.8) is 0 Å². The normalized spacial score (nSPS) is 21.1. The molecule has 1 nitrogen and oxygen atoms in total. The van der Waals surface area contributed by atoms with Gasteiger partial charge >= 0.3 is 0 Å². The number of methoxy groups -OCH3 is 1. The first-order chi connectivity index (χ1) is 11.8. The van der Waals surface area contributed by atoms with Crippen LogP contribution in [0.15, 0.2) is 60.9 Å². The van der Waals surface area contributed by atoms with Crippen molar-refractivity contribution in [1.29, 1.82) is 0 Å². The van der Waals surface area contributed by atoms with Crippen LogP contribution in [0, 0.1) is 5.92 Å². The van der Waals surface area contributed by atoms with Gasteiger partial charge in [0.25, 0.3) is 0 Å². The van der Waals surface area contributed by atoms with E-state index < -0.39 is 0 Å². The number of allylic oxidation sites excluding steroid dienone is 1. The van der Waals surface area contributed by atoms with Crippen molar-refractivity contribution in [3.05, 3.63) is 66.5 Å². The summed E-state index contributed by atoms with van der Waals surface area (Å²) in [5.41, 5.74) is 3.89. The number of benzene rings is 2. The maximum Gasteiger partial charge on any atom is 0.118 e. The van der Waals surface area contributed by atoms with Crippen LogP contribution in [0.5, 0.6) is 5.75 Å². The molecule has 126 valence electrons. The molecule has 0 spiro atoms. The Morgan fingerprint density at radius 2 is 1.50 bits per heavy atom. The Balaban J connectivity index is 1.62. The summed E-state index contributed by atoms with van der Waals surface area (Å²) in [6.45, 7) is 0. The summed E-state index contributed by atoms with van der Waals surface area (Å²) in [7, 11) is 1.69. The number of halogens is 1. The molecular weight excluding hydrogens is 299 g/mol. The largest absolute Gasteiger partial charge is 0.497 e. The lowest BCUT2D eigenvalue weighted by Gasteiger charge is -2.28. The van der Waals surface area contributed by atoms with Crippen molar-refractivity contribution in [2.45, 2.75) is 38.0 Å². The summed E-state index contributed by atoms with van der Waals surface area (Å²) in [6, 6.07) is 17.2. The molecule has 0 radical (unpaired) electrons. The highest BCUT2D eigenvalue weighted by molar-refractivity contribution is 5.64. The molecule has 0 heterocycles. The van der Waals surface area contributed by atoms with E-state index in [0.717, 1.165) is 12.2 Å². The fraction of sp³-hybridized carbons (Fsp3) is 0.364. The van der Waals surface area contributed by atoms with Crippen molar-refractivity contribution in [2.24, 2.45) is 5.92 Å². The minimum atomic E-state index is 0.653. The molecule has 2 aromatic rings. The van der Waals surface area contributed by atoms with E-state index in [0.29, 0.717) is 18.2 Å². The maximum atomic E-state index is 12.1. The van der Waals surface area contributed by atoms with Gasteiger partial charge in [-0.05, 0) is 72.8 Å². The zero-order valence-corrected chi connectivity index (χ0v) is 14.2. The lowest BCUT2D eigenvalue weighted by atomic mass is 9.77. The number of hydrogen-bond donors (Lipinski definition) is 0. The Bertz CT molecular complexity index is 649. The summed E-state index contributed by atoms with van der Waals surface area (Å²) in [5.74, 6) is 2.20. The molecule has 1 fully saturated rings. The molecule has 24 heavy (non-hydrogen) atoms. The van der Waals surface area contributed by atoms with Gasteiger partial charge in [-0.25, -0.2) is 4.39 Å². The molecule has 0 aliphatic heterocycles. The van der Waals surface area contributed by atoms with Gasteiger partial charge in [-0.2, -0.15) is 0 Å². The summed E-state index contributed by atoms with van der Waals surface area (Å²) in [5, 5.41) is 0. The SMILES string of the molecule is COc1ccc(-c2ccc(C3CCC(CC=CF)CC3)cc2)cc1. The van der Waals surface area contributed by atoms with Gasteiger partial charge in [-0.3, -0.25) is 0 Å². The van der Waals surface area contributed by atoms with Crippen molar-refractivity contribution < 1.29 is 9.13 Å². The van der Waals surface area contributed by atoms with Gasteiger partial charge in [0, 0.05) is 0 Å². The van der Waals surface area contributed by atoms with Gasteiger partial charge in [-0.15, -0.1) is 0 Å². The predicted molar refractivity (Wildman–Crippen MR) is 98.0 cm³/mol. The van der Waals surface area contributed by atoms with Crippen LogP contribution < -0.4 is 4.74 Å². The van der Waals surface area contributed by atoms with Crippen LogP contribution in [0.3, 0.4) is 0 Å². The second-order valence-electron chi connectivity index (χ2n) is 6.67. The highest BCUT2D eigenvalue weighted by Crippen LogP contribution is 2.37. The van der Waals surface area contributed by atoms with Crippen LogP contribution in [-0.4, -0.2) is 7.11 Å². The standard InChI is InChI=1S/C22H25FO/c1-24-22-14-12-21(13-15-22)20-10-8-19(9-11-20)18-6-4-17(5-7-18)3-2-16-23/h2,8-18H,3-7H2,1H3. The number of hydrogen-bond acceptors (Lipinski definition) is 1. The minimum absolute atomic E-state index is 0.653. The van der Waals surface area contributed by atoms with Gasteiger partial charge in [0.1, 0.15) is 5.75 Å². The zero-order valence-electron chi connectivity index (χ0n) is 14.2. The second-order valence-corrected chi connectivity index (χ2v) is 6.67. The Labute approximate surface area is 144 Å². The third-order valence-corrected chi connectivity index (χ3v) is 5.21. The Morgan fingerprint density at radius 1 is 0.917 bits per heavy atom. The molecule has 1 aliphatic carbocycles. The molecule has 0 amide bonds. The Kier molecular flexibility index (Phi) is 5.68. The van der Waals surface area contributed by atoms with Gasteiger partial charge in [0.15, 0.2) is 0 Å². The fourth-order valence-electron chi connectivity index (χ4n) is 3.71. The molecule has 0 unspecified atom stereocenters. The van der Waals surface area contributed by atoms with Gasteiger partial charge in [-0.1, -0.05) is 42.5 Å². The van der Waals surface area contributed by atoms with Crippen LogP contribution in [0.4, 0.5) is 4.39 Å². The van der Waals surface area contributed by atoms with E-state index in [2.05, 4.69) is 36.4 Å². The molecule has 0 saturated heterocycles. The average Bonchev–Trinajstić information content (AvgIpc) is 2.67. The summed E-state index contributed by atoms with van der Waals surface area (Å²) >= 11 is 0. The van der Waals surface area contributed by atoms with E-state index in [9.17, 15) is 4.39 Å². The van der Waals surface area contributed by atoms with Crippen molar-refractivity contribution in [1.82, 2.24) is 0 Å². The molecule has 0 atom stereocenters. The fourth-order valence-corrected chi connectivity index (χ4v) is 3.71. The summed E-state index contributed by atoms with van der Waals surface area (Å²) in [4.78, 5) is 0. The summed E-state index contributed by atoms with van der Waals surface area (Å²) < 4.78 is 17.3. The molecule has 0 N–H and O–H groups in total. The monoisotopic (exact) mass is 324 g/mol. The van der Waals surface area contributed by atoms with Crippen LogP contribution in [-0.2, 0) is 0 Å². The average molecular weight is 324 g/mol. The highest BCUT2D eigenvalue weighted by Gasteiger charge is 2.21. The Hall–Kier alpha value is -2.09. The lowest BCUT2D eigenvalue weighted by molar-refractivity contribution is 0.327. The lowest BCUT2D eigenvalue weighted by Crippen LogP contribution is -2.12. The van der Waals surface area contributed by atoms with E-state index in [1.54, 1.807) is 13.2 Å². The molecule has 0 bridgehead atoms. The number of ether oxygens (including phenoxy) is 1. The van der Waals surface area contributed by atoms with Crippen molar-refractivity contribution >= 4 is 0 Å². The number of rotatable bonds is 5. The van der Waals surface area contributed by atoms with Crippen LogP contribution >= 0.6 is 0 Å². The topological polar surface area (TPSA) is 9.23 Å². The van der Waals surface area contributed by atoms with Crippen LogP contribution in [0.1, 0.15) is 43.6 Å². The van der Waals surface area contributed by atoms with Gasteiger partial charge in [0.2, 0.25) is 0 Å². The molecular formula is C22H25FO. The zero-order chi connectivity index (χ0) is 16.8. The Morgan fingerprint density at radius 3 is 2.04 bits per heavy atom. The molecule has 0 aromatic heterocycles. The van der Waals surface area contributed by atoms with E-state index in [-0.39, 0.29) is 0 Å². The van der Waals surface area contributed by atoms with E-state index in [1.807, 2.05) is 12.1 Å². The van der Waals surface area contributed by atoms with E-state index in [4.69, 9.17) is 4.74 Å². The van der Waals surface area contributed by atoms with Crippen LogP contribution in [0.25, 0.3) is 11.1 Å². The summed E-state index contributed by atoms with van der Waals surface area (Å²) in [6.07, 6.45) is 8.07. The third-order valence-electron chi connectivity index (χ3n) is 5.21. The minimum Gasteiger partial charge on any atom is -0.497 e. The molecule has 3 rings (SSSR count). The predicted octanol–water partition coefficient (Wildman–Crippen LogP) is 6.51. The van der Waals surface area contributed by atoms with E-state index in [1.165, 1.54) is 42.4 Å². The van der Waals surface area contributed by atoms with Crippen molar-refractivity contribution in [3.8, 4) is 16.9 Å². The third kappa shape index (κ3) is 4.05. The molecule has 1 aliphatic rings. The molecule has 2 heteroatoms. The van der Waals surface area contributed by atoms with E-state index >= 15 is 0 Å². The first kappa shape index (κ1) is 16.8. The molecule has 1 saturated carbocycles.